The number of hydrogen-bond donors (Lipinski definition) is 1. The Balaban J connectivity index is 1.93. The van der Waals surface area contributed by atoms with Gasteiger partial charge in [-0.05, 0) is 31.4 Å². The second-order valence-corrected chi connectivity index (χ2v) is 3.91. The number of nitrogens with zero attached hydrogens (tertiary/aromatic N) is 2. The summed E-state index contributed by atoms with van der Waals surface area (Å²) >= 11 is 0. The van der Waals surface area contributed by atoms with Crippen molar-refractivity contribution < 1.29 is 0 Å². The highest BCUT2D eigenvalue weighted by Gasteiger charge is 2.30. The van der Waals surface area contributed by atoms with Gasteiger partial charge in [0, 0.05) is 24.4 Å². The lowest BCUT2D eigenvalue weighted by molar-refractivity contribution is 0.468. The summed E-state index contributed by atoms with van der Waals surface area (Å²) in [6.45, 7) is 3.21. The van der Waals surface area contributed by atoms with Crippen LogP contribution in [0.4, 0.5) is 0 Å². The standard InChI is InChI=1S/C11H17N3/c1-2-13-11(9-3-4-9)7-10-5-6-12-8-14-10/h5-6,8-9,11,13H,2-4,7H2,1H3. The molecule has 1 aromatic rings. The van der Waals surface area contributed by atoms with Crippen LogP contribution in [0.5, 0.6) is 0 Å². The maximum absolute atomic E-state index is 4.26. The average Bonchev–Trinajstić information content (AvgIpc) is 3.02. The largest absolute Gasteiger partial charge is 0.314 e. The van der Waals surface area contributed by atoms with Crippen LogP contribution >= 0.6 is 0 Å². The molecule has 3 heteroatoms. The molecule has 1 saturated carbocycles. The van der Waals surface area contributed by atoms with Crippen molar-refractivity contribution in [3.05, 3.63) is 24.3 Å². The van der Waals surface area contributed by atoms with E-state index in [1.54, 1.807) is 6.33 Å². The summed E-state index contributed by atoms with van der Waals surface area (Å²) in [5.74, 6) is 0.880. The highest BCUT2D eigenvalue weighted by Crippen LogP contribution is 2.33. The van der Waals surface area contributed by atoms with Gasteiger partial charge in [-0.15, -0.1) is 0 Å². The molecule has 0 spiro atoms. The van der Waals surface area contributed by atoms with Gasteiger partial charge in [-0.2, -0.15) is 0 Å². The van der Waals surface area contributed by atoms with Crippen LogP contribution in [0.2, 0.25) is 0 Å². The maximum Gasteiger partial charge on any atom is 0.115 e. The molecule has 0 aromatic carbocycles. The highest BCUT2D eigenvalue weighted by molar-refractivity contribution is 5.03. The third-order valence-corrected chi connectivity index (χ3v) is 2.73. The number of aromatic nitrogens is 2. The summed E-state index contributed by atoms with van der Waals surface area (Å²) in [5, 5.41) is 3.53. The van der Waals surface area contributed by atoms with Crippen LogP contribution in [0.15, 0.2) is 18.6 Å². The van der Waals surface area contributed by atoms with Gasteiger partial charge in [0.05, 0.1) is 0 Å². The van der Waals surface area contributed by atoms with E-state index < -0.39 is 0 Å². The third kappa shape index (κ3) is 2.51. The Kier molecular flexibility index (Phi) is 3.09. The van der Waals surface area contributed by atoms with Crippen LogP contribution in [0.3, 0.4) is 0 Å². The van der Waals surface area contributed by atoms with Crippen molar-refractivity contribution in [1.29, 1.82) is 0 Å². The monoisotopic (exact) mass is 191 g/mol. The van der Waals surface area contributed by atoms with E-state index in [0.717, 1.165) is 24.6 Å². The van der Waals surface area contributed by atoms with E-state index in [0.29, 0.717) is 6.04 Å². The number of rotatable bonds is 5. The van der Waals surface area contributed by atoms with Gasteiger partial charge in [-0.25, -0.2) is 9.97 Å². The smallest absolute Gasteiger partial charge is 0.115 e. The van der Waals surface area contributed by atoms with E-state index in [1.807, 2.05) is 12.3 Å². The Bertz CT molecular complexity index is 269. The summed E-state index contributed by atoms with van der Waals surface area (Å²) in [5.41, 5.74) is 1.15. The molecule has 0 aliphatic heterocycles. The van der Waals surface area contributed by atoms with Crippen LogP contribution in [0.25, 0.3) is 0 Å². The zero-order valence-electron chi connectivity index (χ0n) is 8.61. The molecule has 2 rings (SSSR count). The van der Waals surface area contributed by atoms with Gasteiger partial charge < -0.3 is 5.32 Å². The van der Waals surface area contributed by atoms with Gasteiger partial charge in [0.1, 0.15) is 6.33 Å². The molecule has 14 heavy (non-hydrogen) atoms. The Labute approximate surface area is 85.0 Å². The van der Waals surface area contributed by atoms with Crippen LogP contribution in [-0.4, -0.2) is 22.6 Å². The first-order chi connectivity index (χ1) is 6.90. The fraction of sp³-hybridized carbons (Fsp3) is 0.636. The second-order valence-electron chi connectivity index (χ2n) is 3.91. The summed E-state index contributed by atoms with van der Waals surface area (Å²) in [6.07, 6.45) is 7.25. The average molecular weight is 191 g/mol. The molecule has 1 unspecified atom stereocenters. The van der Waals surface area contributed by atoms with Gasteiger partial charge in [-0.3, -0.25) is 0 Å². The number of likely N-dealkylation sites (N-methyl/N-ethyl adjacent to an activating group) is 1. The van der Waals surface area contributed by atoms with Gasteiger partial charge in [0.2, 0.25) is 0 Å². The molecule has 1 aliphatic rings. The van der Waals surface area contributed by atoms with E-state index in [9.17, 15) is 0 Å². The molecule has 1 aromatic heterocycles. The molecule has 3 nitrogen and oxygen atoms in total. The van der Waals surface area contributed by atoms with Crippen molar-refractivity contribution in [2.75, 3.05) is 6.54 Å². The summed E-state index contributed by atoms with van der Waals surface area (Å²) in [7, 11) is 0. The minimum atomic E-state index is 0.620. The normalized spacial score (nSPS) is 18.1. The van der Waals surface area contributed by atoms with E-state index in [4.69, 9.17) is 0 Å². The van der Waals surface area contributed by atoms with E-state index in [1.165, 1.54) is 12.8 Å². The van der Waals surface area contributed by atoms with E-state index in [2.05, 4.69) is 22.2 Å². The predicted molar refractivity (Wildman–Crippen MR) is 55.9 cm³/mol. The molecule has 1 aliphatic carbocycles. The van der Waals surface area contributed by atoms with Gasteiger partial charge >= 0.3 is 0 Å². The minimum absolute atomic E-state index is 0.620. The van der Waals surface area contributed by atoms with Crippen molar-refractivity contribution in [1.82, 2.24) is 15.3 Å². The fourth-order valence-electron chi connectivity index (χ4n) is 1.83. The summed E-state index contributed by atoms with van der Waals surface area (Å²) < 4.78 is 0. The topological polar surface area (TPSA) is 37.8 Å². The lowest BCUT2D eigenvalue weighted by atomic mass is 10.1. The zero-order chi connectivity index (χ0) is 9.80. The van der Waals surface area contributed by atoms with Crippen molar-refractivity contribution in [2.24, 2.45) is 5.92 Å². The molecule has 76 valence electrons. The Morgan fingerprint density at radius 3 is 3.00 bits per heavy atom. The van der Waals surface area contributed by atoms with Crippen LogP contribution in [0, 0.1) is 5.92 Å². The lowest BCUT2D eigenvalue weighted by Gasteiger charge is -2.16. The molecule has 1 N–H and O–H groups in total. The first-order valence-corrected chi connectivity index (χ1v) is 5.38. The second kappa shape index (κ2) is 4.51. The van der Waals surface area contributed by atoms with Gasteiger partial charge in [0.15, 0.2) is 0 Å². The van der Waals surface area contributed by atoms with E-state index in [-0.39, 0.29) is 0 Å². The summed E-state index contributed by atoms with van der Waals surface area (Å²) in [6, 6.07) is 2.63. The summed E-state index contributed by atoms with van der Waals surface area (Å²) in [4.78, 5) is 8.19. The molecule has 1 fully saturated rings. The first-order valence-electron chi connectivity index (χ1n) is 5.38. The fourth-order valence-corrected chi connectivity index (χ4v) is 1.83. The van der Waals surface area contributed by atoms with Gasteiger partial charge in [0.25, 0.3) is 0 Å². The maximum atomic E-state index is 4.26. The quantitative estimate of drug-likeness (QED) is 0.764. The number of nitrogens with one attached hydrogen (secondary N) is 1. The van der Waals surface area contributed by atoms with Crippen molar-refractivity contribution >= 4 is 0 Å². The predicted octanol–water partition coefficient (Wildman–Crippen LogP) is 1.41. The molecule has 0 radical (unpaired) electrons. The highest BCUT2D eigenvalue weighted by atomic mass is 14.9. The Morgan fingerprint density at radius 2 is 2.43 bits per heavy atom. The van der Waals surface area contributed by atoms with E-state index >= 15 is 0 Å². The molecule has 0 bridgehead atoms. The van der Waals surface area contributed by atoms with Crippen LogP contribution in [-0.2, 0) is 6.42 Å². The third-order valence-electron chi connectivity index (χ3n) is 2.73. The number of hydrogen-bond acceptors (Lipinski definition) is 3. The van der Waals surface area contributed by atoms with Crippen molar-refractivity contribution in [2.45, 2.75) is 32.2 Å². The molecule has 0 saturated heterocycles. The Morgan fingerprint density at radius 1 is 1.57 bits per heavy atom. The van der Waals surface area contributed by atoms with Crippen molar-refractivity contribution in [3.8, 4) is 0 Å². The molecule has 1 atom stereocenters. The SMILES string of the molecule is CCNC(Cc1ccncn1)C1CC1. The van der Waals surface area contributed by atoms with Crippen molar-refractivity contribution in [3.63, 3.8) is 0 Å². The lowest BCUT2D eigenvalue weighted by Crippen LogP contribution is -2.33. The van der Waals surface area contributed by atoms with Crippen LogP contribution in [0.1, 0.15) is 25.5 Å². The van der Waals surface area contributed by atoms with Gasteiger partial charge in [-0.1, -0.05) is 6.92 Å². The first kappa shape index (κ1) is 9.59. The minimum Gasteiger partial charge on any atom is -0.314 e. The van der Waals surface area contributed by atoms with Crippen LogP contribution < -0.4 is 5.32 Å². The molecular formula is C11H17N3. The molecule has 0 amide bonds. The Hall–Kier alpha value is -0.960. The molecular weight excluding hydrogens is 174 g/mol. The zero-order valence-corrected chi connectivity index (χ0v) is 8.61. The molecule has 1 heterocycles.